The van der Waals surface area contributed by atoms with Gasteiger partial charge in [0.1, 0.15) is 10.8 Å². The van der Waals surface area contributed by atoms with Crippen LogP contribution >= 0.6 is 46.4 Å². The Kier molecular flexibility index (Phi) is 6.55. The molecule has 1 saturated heterocycles. The van der Waals surface area contributed by atoms with E-state index in [9.17, 15) is 9.59 Å². The number of anilines is 2. The SMILES string of the molecule is NC(=O)C1CCN(c2ccccc2NC(=O)c2nc(Cl)c(Cl)c(Cl)c2Cl)CC1. The first kappa shape index (κ1) is 21.0. The summed E-state index contributed by atoms with van der Waals surface area (Å²) in [6, 6.07) is 7.32. The van der Waals surface area contributed by atoms with Crippen molar-refractivity contribution in [1.29, 1.82) is 0 Å². The first-order valence-corrected chi connectivity index (χ1v) is 9.95. The van der Waals surface area contributed by atoms with Crippen LogP contribution in [0.4, 0.5) is 11.4 Å². The summed E-state index contributed by atoms with van der Waals surface area (Å²) in [7, 11) is 0. The molecule has 0 spiro atoms. The van der Waals surface area contributed by atoms with Gasteiger partial charge in [0, 0.05) is 19.0 Å². The van der Waals surface area contributed by atoms with Gasteiger partial charge in [-0.15, -0.1) is 0 Å². The van der Waals surface area contributed by atoms with Crippen molar-refractivity contribution in [3.8, 4) is 0 Å². The fourth-order valence-electron chi connectivity index (χ4n) is 3.08. The molecule has 0 saturated carbocycles. The number of nitrogens with one attached hydrogen (secondary N) is 1. The quantitative estimate of drug-likeness (QED) is 0.648. The number of carbonyl (C=O) groups is 2. The number of pyridine rings is 1. The molecule has 1 aliphatic heterocycles. The third-order valence-electron chi connectivity index (χ3n) is 4.59. The summed E-state index contributed by atoms with van der Waals surface area (Å²) in [5.74, 6) is -0.970. The largest absolute Gasteiger partial charge is 0.370 e. The topological polar surface area (TPSA) is 88.3 Å². The Bertz CT molecular complexity index is 930. The van der Waals surface area contributed by atoms with Crippen LogP contribution < -0.4 is 16.0 Å². The summed E-state index contributed by atoms with van der Waals surface area (Å²) < 4.78 is 0. The predicted octanol–water partition coefficient (Wildman–Crippen LogP) is 4.65. The van der Waals surface area contributed by atoms with Crippen LogP contribution in [0, 0.1) is 5.92 Å². The Morgan fingerprint density at radius 1 is 1.04 bits per heavy atom. The maximum absolute atomic E-state index is 12.7. The maximum atomic E-state index is 12.7. The second kappa shape index (κ2) is 8.74. The lowest BCUT2D eigenvalue weighted by Crippen LogP contribution is -2.38. The molecule has 0 unspecified atom stereocenters. The molecule has 2 amide bonds. The predicted molar refractivity (Wildman–Crippen MR) is 113 cm³/mol. The van der Waals surface area contributed by atoms with E-state index in [1.807, 2.05) is 12.1 Å². The van der Waals surface area contributed by atoms with E-state index in [-0.39, 0.29) is 37.7 Å². The van der Waals surface area contributed by atoms with Crippen LogP contribution in [0.15, 0.2) is 24.3 Å². The number of rotatable bonds is 4. The lowest BCUT2D eigenvalue weighted by atomic mass is 9.96. The molecule has 28 heavy (non-hydrogen) atoms. The number of amides is 2. The van der Waals surface area contributed by atoms with Gasteiger partial charge in [0.2, 0.25) is 5.91 Å². The maximum Gasteiger partial charge on any atom is 0.275 e. The van der Waals surface area contributed by atoms with E-state index in [0.29, 0.717) is 31.6 Å². The zero-order valence-corrected chi connectivity index (χ0v) is 17.5. The second-order valence-electron chi connectivity index (χ2n) is 6.33. The molecule has 1 aromatic carbocycles. The fraction of sp³-hybridized carbons (Fsp3) is 0.278. The number of hydrogen-bond acceptors (Lipinski definition) is 4. The summed E-state index contributed by atoms with van der Waals surface area (Å²) in [6.07, 6.45) is 1.32. The molecular weight excluding hydrogens is 446 g/mol. The van der Waals surface area contributed by atoms with Gasteiger partial charge in [-0.3, -0.25) is 9.59 Å². The number of carbonyl (C=O) groups excluding carboxylic acids is 2. The molecule has 148 valence electrons. The van der Waals surface area contributed by atoms with E-state index < -0.39 is 5.91 Å². The first-order valence-electron chi connectivity index (χ1n) is 8.44. The zero-order chi connectivity index (χ0) is 20.4. The number of benzene rings is 1. The number of halogens is 4. The van der Waals surface area contributed by atoms with Gasteiger partial charge >= 0.3 is 0 Å². The van der Waals surface area contributed by atoms with Gasteiger partial charge in [0.15, 0.2) is 0 Å². The minimum absolute atomic E-state index is 0.0115. The summed E-state index contributed by atoms with van der Waals surface area (Å²) in [4.78, 5) is 30.1. The van der Waals surface area contributed by atoms with E-state index in [1.54, 1.807) is 12.1 Å². The Morgan fingerprint density at radius 3 is 2.32 bits per heavy atom. The molecule has 0 aliphatic carbocycles. The number of hydrogen-bond donors (Lipinski definition) is 2. The van der Waals surface area contributed by atoms with Crippen molar-refractivity contribution in [2.75, 3.05) is 23.3 Å². The Balaban J connectivity index is 1.83. The van der Waals surface area contributed by atoms with Crippen LogP contribution in [-0.4, -0.2) is 29.9 Å². The first-order chi connectivity index (χ1) is 13.3. The average molecular weight is 462 g/mol. The van der Waals surface area contributed by atoms with Gasteiger partial charge in [-0.05, 0) is 25.0 Å². The summed E-state index contributed by atoms with van der Waals surface area (Å²) in [5.41, 5.74) is 6.67. The molecule has 1 fully saturated rings. The number of aromatic nitrogens is 1. The van der Waals surface area contributed by atoms with Crippen LogP contribution in [-0.2, 0) is 4.79 Å². The van der Waals surface area contributed by atoms with Crippen molar-refractivity contribution in [1.82, 2.24) is 4.98 Å². The Hall–Kier alpha value is -1.73. The number of nitrogens with zero attached hydrogens (tertiary/aromatic N) is 2. The van der Waals surface area contributed by atoms with Gasteiger partial charge in [-0.25, -0.2) is 4.98 Å². The summed E-state index contributed by atoms with van der Waals surface area (Å²) in [6.45, 7) is 1.30. The zero-order valence-electron chi connectivity index (χ0n) is 14.5. The lowest BCUT2D eigenvalue weighted by molar-refractivity contribution is -0.122. The van der Waals surface area contributed by atoms with Crippen molar-refractivity contribution in [3.05, 3.63) is 50.2 Å². The third kappa shape index (κ3) is 4.30. The van der Waals surface area contributed by atoms with E-state index in [2.05, 4.69) is 15.2 Å². The van der Waals surface area contributed by atoms with Crippen LogP contribution in [0.3, 0.4) is 0 Å². The molecule has 3 N–H and O–H groups in total. The minimum atomic E-state index is -0.565. The van der Waals surface area contributed by atoms with Crippen molar-refractivity contribution in [2.24, 2.45) is 11.7 Å². The Labute approximate surface area is 181 Å². The highest BCUT2D eigenvalue weighted by Crippen LogP contribution is 2.37. The molecule has 1 aromatic heterocycles. The monoisotopic (exact) mass is 460 g/mol. The highest BCUT2D eigenvalue weighted by atomic mass is 35.5. The average Bonchev–Trinajstić information content (AvgIpc) is 2.69. The fourth-order valence-corrected chi connectivity index (χ4v) is 3.89. The van der Waals surface area contributed by atoms with Crippen molar-refractivity contribution in [3.63, 3.8) is 0 Å². The summed E-state index contributed by atoms with van der Waals surface area (Å²) >= 11 is 23.9. The second-order valence-corrected chi connectivity index (χ2v) is 7.82. The number of para-hydroxylation sites is 2. The number of primary amides is 1. The highest BCUT2D eigenvalue weighted by Gasteiger charge is 2.25. The van der Waals surface area contributed by atoms with Crippen LogP contribution in [0.25, 0.3) is 0 Å². The molecule has 2 heterocycles. The molecule has 0 bridgehead atoms. The Morgan fingerprint density at radius 2 is 1.68 bits per heavy atom. The van der Waals surface area contributed by atoms with Crippen molar-refractivity contribution >= 4 is 69.6 Å². The molecular formula is C18H16Cl4N4O2. The van der Waals surface area contributed by atoms with E-state index in [1.165, 1.54) is 0 Å². The minimum Gasteiger partial charge on any atom is -0.370 e. The van der Waals surface area contributed by atoms with Crippen LogP contribution in [0.5, 0.6) is 0 Å². The number of piperidine rings is 1. The van der Waals surface area contributed by atoms with E-state index >= 15 is 0 Å². The molecule has 0 atom stereocenters. The van der Waals surface area contributed by atoms with Gasteiger partial charge < -0.3 is 16.0 Å². The van der Waals surface area contributed by atoms with Gasteiger partial charge in [-0.2, -0.15) is 0 Å². The third-order valence-corrected chi connectivity index (χ3v) is 6.27. The molecule has 10 heteroatoms. The van der Waals surface area contributed by atoms with Crippen molar-refractivity contribution in [2.45, 2.75) is 12.8 Å². The highest BCUT2D eigenvalue weighted by molar-refractivity contribution is 6.52. The smallest absolute Gasteiger partial charge is 0.275 e. The lowest BCUT2D eigenvalue weighted by Gasteiger charge is -2.33. The van der Waals surface area contributed by atoms with Gasteiger partial charge in [0.05, 0.1) is 26.4 Å². The molecule has 2 aromatic rings. The molecule has 0 radical (unpaired) electrons. The standard InChI is InChI=1S/C18H16Cl4N4O2/c19-12-13(20)15(25-16(22)14(12)21)18(28)24-10-3-1-2-4-11(10)26-7-5-9(6-8-26)17(23)27/h1-4,9H,5-8H2,(H2,23,27)(H,24,28). The van der Waals surface area contributed by atoms with E-state index in [0.717, 1.165) is 5.69 Å². The van der Waals surface area contributed by atoms with Gasteiger partial charge in [0.25, 0.3) is 5.91 Å². The van der Waals surface area contributed by atoms with Crippen LogP contribution in [0.2, 0.25) is 20.2 Å². The van der Waals surface area contributed by atoms with E-state index in [4.69, 9.17) is 52.1 Å². The molecule has 1 aliphatic rings. The molecule has 3 rings (SSSR count). The normalized spacial score (nSPS) is 14.8. The van der Waals surface area contributed by atoms with Crippen LogP contribution in [0.1, 0.15) is 23.3 Å². The summed E-state index contributed by atoms with van der Waals surface area (Å²) in [5, 5.41) is 2.57. The van der Waals surface area contributed by atoms with Crippen molar-refractivity contribution < 1.29 is 9.59 Å². The number of nitrogens with two attached hydrogens (primary N) is 1. The van der Waals surface area contributed by atoms with Gasteiger partial charge in [-0.1, -0.05) is 58.5 Å². The molecule has 6 nitrogen and oxygen atoms in total.